The number of amides is 1. The molecular formula is C11H18BNO2. The van der Waals surface area contributed by atoms with Crippen molar-refractivity contribution in [2.24, 2.45) is 0 Å². The molecule has 0 fully saturated rings. The average Bonchev–Trinajstić information content (AvgIpc) is 2.18. The SMILES string of the molecule is C=C/C=C(\C)B(O)NC(=O)/C(C)=C/CC. The largest absolute Gasteiger partial charge is 0.444 e. The van der Waals surface area contributed by atoms with Gasteiger partial charge in [0.25, 0.3) is 0 Å². The summed E-state index contributed by atoms with van der Waals surface area (Å²) in [5, 5.41) is 12.0. The Kier molecular flexibility index (Phi) is 6.46. The minimum atomic E-state index is -0.948. The molecule has 4 heteroatoms. The quantitative estimate of drug-likeness (QED) is 0.408. The van der Waals surface area contributed by atoms with Crippen molar-refractivity contribution in [1.29, 1.82) is 0 Å². The Balaban J connectivity index is 4.36. The molecule has 0 aliphatic heterocycles. The molecule has 0 aromatic heterocycles. The molecule has 0 heterocycles. The summed E-state index contributed by atoms with van der Waals surface area (Å²) in [4.78, 5) is 11.5. The number of carbonyl (C=O) groups excluding carboxylic acids is 1. The van der Waals surface area contributed by atoms with Crippen LogP contribution in [0.15, 0.2) is 35.9 Å². The van der Waals surface area contributed by atoms with Gasteiger partial charge >= 0.3 is 7.05 Å². The highest BCUT2D eigenvalue weighted by Crippen LogP contribution is 1.98. The molecule has 0 aliphatic rings. The Morgan fingerprint density at radius 2 is 2.13 bits per heavy atom. The summed E-state index contributed by atoms with van der Waals surface area (Å²) in [6.45, 7) is 8.92. The topological polar surface area (TPSA) is 49.3 Å². The third-order valence-electron chi connectivity index (χ3n) is 1.95. The molecule has 0 rings (SSSR count). The molecule has 2 N–H and O–H groups in total. The van der Waals surface area contributed by atoms with Gasteiger partial charge in [0.1, 0.15) is 0 Å². The minimum absolute atomic E-state index is 0.249. The first-order valence-electron chi connectivity index (χ1n) is 4.97. The van der Waals surface area contributed by atoms with Crippen molar-refractivity contribution >= 4 is 13.0 Å². The molecule has 0 spiro atoms. The van der Waals surface area contributed by atoms with Gasteiger partial charge < -0.3 is 10.3 Å². The Bertz CT molecular complexity index is 295. The first kappa shape index (κ1) is 13.7. The summed E-state index contributed by atoms with van der Waals surface area (Å²) in [6, 6.07) is 0. The molecule has 15 heavy (non-hydrogen) atoms. The Morgan fingerprint density at radius 3 is 2.60 bits per heavy atom. The van der Waals surface area contributed by atoms with Crippen molar-refractivity contribution in [2.45, 2.75) is 27.2 Å². The predicted octanol–water partition coefficient (Wildman–Crippen LogP) is 1.61. The zero-order valence-corrected chi connectivity index (χ0v) is 9.58. The van der Waals surface area contributed by atoms with Gasteiger partial charge in [-0.05, 0) is 20.3 Å². The van der Waals surface area contributed by atoms with Crippen LogP contribution in [0.5, 0.6) is 0 Å². The van der Waals surface area contributed by atoms with Crippen LogP contribution in [-0.2, 0) is 4.79 Å². The molecule has 0 unspecified atom stereocenters. The van der Waals surface area contributed by atoms with E-state index in [1.54, 1.807) is 26.0 Å². The van der Waals surface area contributed by atoms with Gasteiger partial charge in [0.2, 0.25) is 5.91 Å². The maximum absolute atomic E-state index is 11.5. The van der Waals surface area contributed by atoms with Crippen LogP contribution < -0.4 is 5.23 Å². The summed E-state index contributed by atoms with van der Waals surface area (Å²) in [5.41, 5.74) is 1.27. The lowest BCUT2D eigenvalue weighted by Gasteiger charge is -2.08. The lowest BCUT2D eigenvalue weighted by Crippen LogP contribution is -2.40. The fourth-order valence-electron chi connectivity index (χ4n) is 1.03. The Hall–Kier alpha value is -1.29. The van der Waals surface area contributed by atoms with Gasteiger partial charge in [-0.2, -0.15) is 0 Å². The Morgan fingerprint density at radius 1 is 1.53 bits per heavy atom. The lowest BCUT2D eigenvalue weighted by atomic mass is 9.74. The maximum Gasteiger partial charge on any atom is 0.444 e. The number of hydrogen-bond donors (Lipinski definition) is 2. The zero-order chi connectivity index (χ0) is 11.8. The summed E-state index contributed by atoms with van der Waals surface area (Å²) in [6.07, 6.45) is 5.84. The molecule has 0 atom stereocenters. The second-order valence-corrected chi connectivity index (χ2v) is 3.32. The fourth-order valence-corrected chi connectivity index (χ4v) is 1.03. The van der Waals surface area contributed by atoms with Crippen LogP contribution in [-0.4, -0.2) is 18.0 Å². The molecule has 0 aromatic carbocycles. The summed E-state index contributed by atoms with van der Waals surface area (Å²) >= 11 is 0. The van der Waals surface area contributed by atoms with Gasteiger partial charge in [0.15, 0.2) is 0 Å². The van der Waals surface area contributed by atoms with Crippen molar-refractivity contribution in [2.75, 3.05) is 0 Å². The number of allylic oxidation sites excluding steroid dienone is 4. The van der Waals surface area contributed by atoms with Gasteiger partial charge in [-0.25, -0.2) is 0 Å². The number of nitrogens with one attached hydrogen (secondary N) is 1. The van der Waals surface area contributed by atoms with E-state index in [9.17, 15) is 9.82 Å². The molecule has 0 aromatic rings. The second-order valence-electron chi connectivity index (χ2n) is 3.32. The number of carbonyl (C=O) groups is 1. The molecular weight excluding hydrogens is 189 g/mol. The highest BCUT2D eigenvalue weighted by atomic mass is 16.2. The minimum Gasteiger partial charge on any atom is -0.429 e. The maximum atomic E-state index is 11.5. The standard InChI is InChI=1S/C11H18BNO2/c1-5-7-9(3)11(14)13-12(15)10(4)8-6-2/h6-8,15H,2,5H2,1,3-4H3,(H,13,14)/b9-7+,10-8+. The third-order valence-corrected chi connectivity index (χ3v) is 1.95. The highest BCUT2D eigenvalue weighted by Gasteiger charge is 2.17. The third kappa shape index (κ3) is 5.22. The van der Waals surface area contributed by atoms with Gasteiger partial charge in [0.05, 0.1) is 0 Å². The highest BCUT2D eigenvalue weighted by molar-refractivity contribution is 6.59. The van der Waals surface area contributed by atoms with E-state index in [1.165, 1.54) is 0 Å². The van der Waals surface area contributed by atoms with Crippen molar-refractivity contribution in [3.05, 3.63) is 35.9 Å². The second kappa shape index (κ2) is 7.07. The molecule has 3 nitrogen and oxygen atoms in total. The van der Waals surface area contributed by atoms with E-state index in [4.69, 9.17) is 0 Å². The predicted molar refractivity (Wildman–Crippen MR) is 64.1 cm³/mol. The van der Waals surface area contributed by atoms with Gasteiger partial charge in [-0.3, -0.25) is 4.79 Å². The molecule has 82 valence electrons. The Labute approximate surface area is 91.7 Å². The summed E-state index contributed by atoms with van der Waals surface area (Å²) < 4.78 is 0. The van der Waals surface area contributed by atoms with Crippen molar-refractivity contribution in [1.82, 2.24) is 5.23 Å². The molecule has 0 radical (unpaired) electrons. The van der Waals surface area contributed by atoms with Gasteiger partial charge in [-0.15, -0.1) is 0 Å². The number of hydrogen-bond acceptors (Lipinski definition) is 2. The van der Waals surface area contributed by atoms with E-state index in [2.05, 4.69) is 11.8 Å². The van der Waals surface area contributed by atoms with Crippen LogP contribution in [0.1, 0.15) is 27.2 Å². The van der Waals surface area contributed by atoms with Crippen molar-refractivity contribution in [3.8, 4) is 0 Å². The lowest BCUT2D eigenvalue weighted by molar-refractivity contribution is -0.116. The molecule has 0 bridgehead atoms. The van der Waals surface area contributed by atoms with Crippen LogP contribution in [0.2, 0.25) is 0 Å². The fraction of sp³-hybridized carbons (Fsp3) is 0.364. The van der Waals surface area contributed by atoms with E-state index >= 15 is 0 Å². The average molecular weight is 207 g/mol. The summed E-state index contributed by atoms with van der Waals surface area (Å²) in [5.74, 6) is -0.249. The van der Waals surface area contributed by atoms with E-state index in [1.807, 2.05) is 13.0 Å². The van der Waals surface area contributed by atoms with Crippen LogP contribution in [0, 0.1) is 0 Å². The molecule has 0 saturated carbocycles. The number of rotatable bonds is 5. The molecule has 0 aliphatic carbocycles. The van der Waals surface area contributed by atoms with Crippen LogP contribution in [0.25, 0.3) is 0 Å². The molecule has 1 amide bonds. The monoisotopic (exact) mass is 207 g/mol. The van der Waals surface area contributed by atoms with E-state index in [0.717, 1.165) is 6.42 Å². The normalized spacial score (nSPS) is 12.3. The van der Waals surface area contributed by atoms with E-state index < -0.39 is 7.05 Å². The van der Waals surface area contributed by atoms with E-state index in [-0.39, 0.29) is 5.91 Å². The first-order chi connectivity index (χ1) is 7.02. The van der Waals surface area contributed by atoms with Gasteiger partial charge in [-0.1, -0.05) is 37.2 Å². The van der Waals surface area contributed by atoms with E-state index in [0.29, 0.717) is 11.0 Å². The van der Waals surface area contributed by atoms with Crippen LogP contribution in [0.3, 0.4) is 0 Å². The van der Waals surface area contributed by atoms with Crippen molar-refractivity contribution in [3.63, 3.8) is 0 Å². The zero-order valence-electron chi connectivity index (χ0n) is 9.58. The molecule has 0 saturated heterocycles. The first-order valence-corrected chi connectivity index (χ1v) is 4.97. The summed E-state index contributed by atoms with van der Waals surface area (Å²) in [7, 11) is -0.948. The van der Waals surface area contributed by atoms with Crippen molar-refractivity contribution < 1.29 is 9.82 Å². The van der Waals surface area contributed by atoms with Gasteiger partial charge in [0, 0.05) is 5.57 Å². The smallest absolute Gasteiger partial charge is 0.429 e. The van der Waals surface area contributed by atoms with Crippen LogP contribution >= 0.6 is 0 Å². The van der Waals surface area contributed by atoms with Crippen LogP contribution in [0.4, 0.5) is 0 Å².